The summed E-state index contributed by atoms with van der Waals surface area (Å²) < 4.78 is 10.9. The quantitative estimate of drug-likeness (QED) is 0.821. The minimum Gasteiger partial charge on any atom is -0.444 e. The first-order valence-corrected chi connectivity index (χ1v) is 9.45. The number of amides is 1. The predicted octanol–water partition coefficient (Wildman–Crippen LogP) is 3.10. The Morgan fingerprint density at radius 1 is 1.15 bits per heavy atom. The van der Waals surface area contributed by atoms with Gasteiger partial charge in [0, 0.05) is 32.6 Å². The van der Waals surface area contributed by atoms with Crippen LogP contribution in [-0.2, 0) is 17.7 Å². The number of ether oxygens (including phenoxy) is 1. The van der Waals surface area contributed by atoms with Gasteiger partial charge in [-0.05, 0) is 32.8 Å². The predicted molar refractivity (Wildman–Crippen MR) is 101 cm³/mol. The Kier molecular flexibility index (Phi) is 6.11. The average molecular weight is 372 g/mol. The second kappa shape index (κ2) is 8.52. The second-order valence-corrected chi connectivity index (χ2v) is 7.86. The van der Waals surface area contributed by atoms with E-state index in [1.165, 1.54) is 0 Å². The molecule has 1 aromatic heterocycles. The Morgan fingerprint density at radius 2 is 1.93 bits per heavy atom. The number of nitrogens with zero attached hydrogens (tertiary/aromatic N) is 4. The first-order chi connectivity index (χ1) is 12.9. The third-order valence-corrected chi connectivity index (χ3v) is 4.31. The Morgan fingerprint density at radius 3 is 2.67 bits per heavy atom. The van der Waals surface area contributed by atoms with Gasteiger partial charge in [0.15, 0.2) is 5.82 Å². The van der Waals surface area contributed by atoms with Gasteiger partial charge in [0.1, 0.15) is 5.60 Å². The highest BCUT2D eigenvalue weighted by Gasteiger charge is 2.25. The van der Waals surface area contributed by atoms with Crippen molar-refractivity contribution in [2.24, 2.45) is 0 Å². The van der Waals surface area contributed by atoms with Crippen LogP contribution in [0.1, 0.15) is 44.5 Å². The molecule has 1 amide bonds. The van der Waals surface area contributed by atoms with Crippen LogP contribution in [-0.4, -0.2) is 57.8 Å². The van der Waals surface area contributed by atoms with Crippen molar-refractivity contribution in [2.45, 2.75) is 45.8 Å². The van der Waals surface area contributed by atoms with Crippen molar-refractivity contribution in [3.63, 3.8) is 0 Å². The van der Waals surface area contributed by atoms with Crippen LogP contribution in [0.15, 0.2) is 34.9 Å². The molecule has 0 N–H and O–H groups in total. The summed E-state index contributed by atoms with van der Waals surface area (Å²) in [6.45, 7) is 9.25. The van der Waals surface area contributed by atoms with Gasteiger partial charge in [-0.25, -0.2) is 4.79 Å². The number of hydrogen-bond donors (Lipinski definition) is 0. The molecule has 1 aliphatic heterocycles. The number of carbonyl (C=O) groups is 1. The topological polar surface area (TPSA) is 71.7 Å². The molecule has 2 heterocycles. The zero-order valence-electron chi connectivity index (χ0n) is 16.4. The van der Waals surface area contributed by atoms with Crippen LogP contribution in [0, 0.1) is 0 Å². The molecule has 2 aromatic rings. The number of hydrogen-bond acceptors (Lipinski definition) is 6. The summed E-state index contributed by atoms with van der Waals surface area (Å²) in [7, 11) is 0. The van der Waals surface area contributed by atoms with Crippen LogP contribution in [0.5, 0.6) is 0 Å². The maximum absolute atomic E-state index is 12.3. The summed E-state index contributed by atoms with van der Waals surface area (Å²) in [5.41, 5.74) is 0.690. The molecule has 146 valence electrons. The van der Waals surface area contributed by atoms with Gasteiger partial charge < -0.3 is 14.2 Å². The highest BCUT2D eigenvalue weighted by Crippen LogP contribution is 2.14. The summed E-state index contributed by atoms with van der Waals surface area (Å²) in [6.07, 6.45) is 1.31. The lowest BCUT2D eigenvalue weighted by atomic mass is 10.1. The van der Waals surface area contributed by atoms with E-state index < -0.39 is 5.60 Å². The van der Waals surface area contributed by atoms with Gasteiger partial charge in [0.05, 0.1) is 6.54 Å². The third-order valence-electron chi connectivity index (χ3n) is 4.31. The van der Waals surface area contributed by atoms with Crippen LogP contribution < -0.4 is 0 Å². The van der Waals surface area contributed by atoms with Crippen molar-refractivity contribution in [1.29, 1.82) is 0 Å². The van der Waals surface area contributed by atoms with Crippen LogP contribution >= 0.6 is 0 Å². The van der Waals surface area contributed by atoms with Crippen molar-refractivity contribution < 1.29 is 14.1 Å². The molecule has 1 aromatic carbocycles. The first kappa shape index (κ1) is 19.4. The molecule has 0 unspecified atom stereocenters. The van der Waals surface area contributed by atoms with Crippen molar-refractivity contribution in [3.05, 3.63) is 47.6 Å². The molecular weight excluding hydrogens is 344 g/mol. The molecule has 7 nitrogen and oxygen atoms in total. The van der Waals surface area contributed by atoms with Crippen molar-refractivity contribution >= 4 is 6.09 Å². The van der Waals surface area contributed by atoms with Gasteiger partial charge in [-0.15, -0.1) is 0 Å². The van der Waals surface area contributed by atoms with E-state index in [0.717, 1.165) is 25.1 Å². The fourth-order valence-electron chi connectivity index (χ4n) is 3.03. The molecule has 0 radical (unpaired) electrons. The van der Waals surface area contributed by atoms with E-state index in [1.54, 1.807) is 4.90 Å². The molecule has 1 fully saturated rings. The van der Waals surface area contributed by atoms with Crippen LogP contribution in [0.4, 0.5) is 4.79 Å². The van der Waals surface area contributed by atoms with E-state index in [0.29, 0.717) is 37.8 Å². The van der Waals surface area contributed by atoms with Gasteiger partial charge in [0.25, 0.3) is 0 Å². The standard InChI is InChI=1S/C20H28N4O3/c1-20(2,3)26-19(25)24-11-7-10-23(12-13-24)15-18-21-17(22-27-18)14-16-8-5-4-6-9-16/h4-6,8-9H,7,10-15H2,1-3H3. The highest BCUT2D eigenvalue weighted by atomic mass is 16.6. The normalized spacial score (nSPS) is 16.2. The summed E-state index contributed by atoms with van der Waals surface area (Å²) in [5, 5.41) is 4.09. The van der Waals surface area contributed by atoms with Crippen LogP contribution in [0.3, 0.4) is 0 Å². The van der Waals surface area contributed by atoms with Crippen molar-refractivity contribution in [3.8, 4) is 0 Å². The molecular formula is C20H28N4O3. The fraction of sp³-hybridized carbons (Fsp3) is 0.550. The Hall–Kier alpha value is -2.41. The van der Waals surface area contributed by atoms with E-state index in [9.17, 15) is 4.79 Å². The summed E-state index contributed by atoms with van der Waals surface area (Å²) in [5.74, 6) is 1.31. The average Bonchev–Trinajstić information content (AvgIpc) is 2.89. The van der Waals surface area contributed by atoms with E-state index in [4.69, 9.17) is 9.26 Å². The molecule has 3 rings (SSSR count). The summed E-state index contributed by atoms with van der Waals surface area (Å²) >= 11 is 0. The lowest BCUT2D eigenvalue weighted by Gasteiger charge is -2.26. The molecule has 0 aliphatic carbocycles. The highest BCUT2D eigenvalue weighted by molar-refractivity contribution is 5.68. The molecule has 0 spiro atoms. The molecule has 27 heavy (non-hydrogen) atoms. The van der Waals surface area contributed by atoms with E-state index in [2.05, 4.69) is 27.2 Å². The van der Waals surface area contributed by atoms with E-state index in [1.807, 2.05) is 39.0 Å². The Labute approximate surface area is 160 Å². The van der Waals surface area contributed by atoms with Gasteiger partial charge in [-0.1, -0.05) is 35.5 Å². The van der Waals surface area contributed by atoms with Crippen LogP contribution in [0.2, 0.25) is 0 Å². The summed E-state index contributed by atoms with van der Waals surface area (Å²) in [4.78, 5) is 20.8. The van der Waals surface area contributed by atoms with Gasteiger partial charge in [0.2, 0.25) is 5.89 Å². The molecule has 1 aliphatic rings. The largest absolute Gasteiger partial charge is 0.444 e. The van der Waals surface area contributed by atoms with Crippen LogP contribution in [0.25, 0.3) is 0 Å². The molecule has 0 saturated carbocycles. The maximum atomic E-state index is 12.3. The molecule has 7 heteroatoms. The number of rotatable bonds is 4. The number of aromatic nitrogens is 2. The Bertz CT molecular complexity index is 739. The number of carbonyl (C=O) groups excluding carboxylic acids is 1. The van der Waals surface area contributed by atoms with Crippen molar-refractivity contribution in [1.82, 2.24) is 19.9 Å². The van der Waals surface area contributed by atoms with Crippen molar-refractivity contribution in [2.75, 3.05) is 26.2 Å². The smallest absolute Gasteiger partial charge is 0.410 e. The van der Waals surface area contributed by atoms with E-state index in [-0.39, 0.29) is 6.09 Å². The van der Waals surface area contributed by atoms with Gasteiger partial charge in [-0.3, -0.25) is 4.90 Å². The lowest BCUT2D eigenvalue weighted by molar-refractivity contribution is 0.0257. The first-order valence-electron chi connectivity index (χ1n) is 9.45. The monoisotopic (exact) mass is 372 g/mol. The zero-order chi connectivity index (χ0) is 19.3. The fourth-order valence-corrected chi connectivity index (χ4v) is 3.03. The minimum atomic E-state index is -0.470. The van der Waals surface area contributed by atoms with Gasteiger partial charge >= 0.3 is 6.09 Å². The minimum absolute atomic E-state index is 0.243. The lowest BCUT2D eigenvalue weighted by Crippen LogP contribution is -2.39. The summed E-state index contributed by atoms with van der Waals surface area (Å²) in [6, 6.07) is 10.1. The number of benzene rings is 1. The van der Waals surface area contributed by atoms with Gasteiger partial charge in [-0.2, -0.15) is 4.98 Å². The molecule has 0 bridgehead atoms. The zero-order valence-corrected chi connectivity index (χ0v) is 16.4. The molecule has 0 atom stereocenters. The Balaban J connectivity index is 1.51. The SMILES string of the molecule is CC(C)(C)OC(=O)N1CCCN(Cc2nc(Cc3ccccc3)no2)CC1. The second-order valence-electron chi connectivity index (χ2n) is 7.86. The third kappa shape index (κ3) is 6.06. The molecule has 1 saturated heterocycles. The van der Waals surface area contributed by atoms with E-state index >= 15 is 0 Å². The maximum Gasteiger partial charge on any atom is 0.410 e.